The number of hydrogen-bond donors (Lipinski definition) is 0. The molecule has 0 unspecified atom stereocenters. The van der Waals surface area contributed by atoms with E-state index in [1.165, 1.54) is 12.8 Å². The smallest absolute Gasteiger partial charge is 0.125 e. The van der Waals surface area contributed by atoms with E-state index in [0.29, 0.717) is 0 Å². The van der Waals surface area contributed by atoms with Crippen molar-refractivity contribution in [1.29, 1.82) is 0 Å². The Balaban J connectivity index is 2.32. The normalized spacial score (nSPS) is 10.0. The van der Waals surface area contributed by atoms with Crippen molar-refractivity contribution in [3.05, 3.63) is 24.0 Å². The second-order valence-corrected chi connectivity index (χ2v) is 3.20. The van der Waals surface area contributed by atoms with Crippen LogP contribution in [-0.4, -0.2) is 11.6 Å². The fourth-order valence-corrected chi connectivity index (χ4v) is 1.16. The van der Waals surface area contributed by atoms with Gasteiger partial charge in [0.25, 0.3) is 0 Å². The monoisotopic (exact) mass is 179 g/mol. The number of aryl methyl sites for hydroxylation is 1. The van der Waals surface area contributed by atoms with Gasteiger partial charge in [-0.3, -0.25) is 4.98 Å². The first-order chi connectivity index (χ1) is 6.34. The van der Waals surface area contributed by atoms with Crippen molar-refractivity contribution in [2.75, 3.05) is 6.61 Å². The highest BCUT2D eigenvalue weighted by Gasteiger charge is 1.96. The molecule has 2 heteroatoms. The first-order valence-electron chi connectivity index (χ1n) is 4.88. The van der Waals surface area contributed by atoms with Crippen molar-refractivity contribution in [3.63, 3.8) is 0 Å². The van der Waals surface area contributed by atoms with Crippen molar-refractivity contribution in [2.45, 2.75) is 33.1 Å². The topological polar surface area (TPSA) is 22.1 Å². The Hall–Kier alpha value is -1.05. The maximum Gasteiger partial charge on any atom is 0.125 e. The fourth-order valence-electron chi connectivity index (χ4n) is 1.16. The van der Waals surface area contributed by atoms with Gasteiger partial charge in [0.05, 0.1) is 6.61 Å². The lowest BCUT2D eigenvalue weighted by Gasteiger charge is -2.07. The van der Waals surface area contributed by atoms with E-state index in [9.17, 15) is 0 Å². The Morgan fingerprint density at radius 1 is 1.38 bits per heavy atom. The van der Waals surface area contributed by atoms with Crippen molar-refractivity contribution in [3.8, 4) is 5.75 Å². The average Bonchev–Trinajstić information content (AvgIpc) is 2.15. The number of hydrogen-bond acceptors (Lipinski definition) is 2. The molecule has 0 radical (unpaired) electrons. The van der Waals surface area contributed by atoms with Gasteiger partial charge in [0.15, 0.2) is 0 Å². The zero-order valence-electron chi connectivity index (χ0n) is 8.42. The van der Waals surface area contributed by atoms with E-state index in [4.69, 9.17) is 4.74 Å². The molecule has 72 valence electrons. The lowest BCUT2D eigenvalue weighted by molar-refractivity contribution is 0.304. The largest absolute Gasteiger partial charge is 0.493 e. The highest BCUT2D eigenvalue weighted by molar-refractivity contribution is 5.28. The minimum absolute atomic E-state index is 0.818. The fraction of sp³-hybridized carbons (Fsp3) is 0.545. The molecular formula is C11H17NO. The second kappa shape index (κ2) is 5.57. The summed E-state index contributed by atoms with van der Waals surface area (Å²) < 4.78 is 5.60. The third-order valence-electron chi connectivity index (χ3n) is 1.97. The van der Waals surface area contributed by atoms with Crippen LogP contribution >= 0.6 is 0 Å². The van der Waals surface area contributed by atoms with Crippen LogP contribution in [0.15, 0.2) is 18.5 Å². The molecule has 0 aliphatic rings. The third-order valence-corrected chi connectivity index (χ3v) is 1.97. The predicted molar refractivity (Wildman–Crippen MR) is 54.0 cm³/mol. The van der Waals surface area contributed by atoms with Crippen LogP contribution in [0.1, 0.15) is 31.7 Å². The van der Waals surface area contributed by atoms with Gasteiger partial charge in [-0.25, -0.2) is 0 Å². The molecule has 0 atom stereocenters. The number of unbranched alkanes of at least 4 members (excludes halogenated alkanes) is 2. The summed E-state index contributed by atoms with van der Waals surface area (Å²) in [6.07, 6.45) is 7.21. The number of pyridine rings is 1. The van der Waals surface area contributed by atoms with Crippen molar-refractivity contribution >= 4 is 0 Å². The van der Waals surface area contributed by atoms with Gasteiger partial charge in [-0.1, -0.05) is 19.8 Å². The van der Waals surface area contributed by atoms with Crippen LogP contribution in [0.4, 0.5) is 0 Å². The van der Waals surface area contributed by atoms with E-state index in [1.54, 1.807) is 6.20 Å². The lowest BCUT2D eigenvalue weighted by atomic mass is 10.2. The molecule has 1 aromatic rings. The molecule has 0 N–H and O–H groups in total. The van der Waals surface area contributed by atoms with Crippen molar-refractivity contribution in [1.82, 2.24) is 4.98 Å². The zero-order chi connectivity index (χ0) is 9.52. The summed E-state index contributed by atoms with van der Waals surface area (Å²) in [7, 11) is 0. The molecule has 13 heavy (non-hydrogen) atoms. The SMILES string of the molecule is CCCCCOc1ccncc1C. The first-order valence-corrected chi connectivity index (χ1v) is 4.88. The summed E-state index contributed by atoms with van der Waals surface area (Å²) in [6.45, 7) is 5.03. The van der Waals surface area contributed by atoms with Gasteiger partial charge >= 0.3 is 0 Å². The molecule has 1 heterocycles. The summed E-state index contributed by atoms with van der Waals surface area (Å²) in [6, 6.07) is 1.92. The second-order valence-electron chi connectivity index (χ2n) is 3.20. The van der Waals surface area contributed by atoms with E-state index in [-0.39, 0.29) is 0 Å². The third kappa shape index (κ3) is 3.45. The summed E-state index contributed by atoms with van der Waals surface area (Å²) in [5.74, 6) is 0.964. The van der Waals surface area contributed by atoms with Gasteiger partial charge in [-0.2, -0.15) is 0 Å². The average molecular weight is 179 g/mol. The van der Waals surface area contributed by atoms with Gasteiger partial charge in [-0.15, -0.1) is 0 Å². The molecule has 0 saturated heterocycles. The van der Waals surface area contributed by atoms with Gasteiger partial charge in [0.2, 0.25) is 0 Å². The quantitative estimate of drug-likeness (QED) is 0.648. The van der Waals surface area contributed by atoms with Crippen molar-refractivity contribution < 1.29 is 4.74 Å². The number of rotatable bonds is 5. The predicted octanol–water partition coefficient (Wildman–Crippen LogP) is 2.96. The summed E-state index contributed by atoms with van der Waals surface area (Å²) in [5, 5.41) is 0. The first kappa shape index (κ1) is 10.0. The van der Waals surface area contributed by atoms with E-state index in [0.717, 1.165) is 24.3 Å². The van der Waals surface area contributed by atoms with Gasteiger partial charge in [0.1, 0.15) is 5.75 Å². The maximum atomic E-state index is 5.60. The van der Waals surface area contributed by atoms with Gasteiger partial charge in [0, 0.05) is 18.0 Å². The molecule has 0 aliphatic heterocycles. The van der Waals surface area contributed by atoms with Crippen LogP contribution in [0.25, 0.3) is 0 Å². The Kier molecular flexibility index (Phi) is 4.30. The molecule has 0 saturated carbocycles. The van der Waals surface area contributed by atoms with Gasteiger partial charge in [-0.05, 0) is 19.4 Å². The maximum absolute atomic E-state index is 5.60. The number of nitrogens with zero attached hydrogens (tertiary/aromatic N) is 1. The minimum Gasteiger partial charge on any atom is -0.493 e. The zero-order valence-corrected chi connectivity index (χ0v) is 8.42. The Morgan fingerprint density at radius 2 is 2.23 bits per heavy atom. The van der Waals surface area contributed by atoms with Crippen LogP contribution in [0.5, 0.6) is 5.75 Å². The van der Waals surface area contributed by atoms with E-state index >= 15 is 0 Å². The highest BCUT2D eigenvalue weighted by Crippen LogP contribution is 2.14. The summed E-state index contributed by atoms with van der Waals surface area (Å²) in [5.41, 5.74) is 1.11. The minimum atomic E-state index is 0.818. The molecule has 2 nitrogen and oxygen atoms in total. The molecule has 0 amide bonds. The molecule has 1 rings (SSSR count). The standard InChI is InChI=1S/C11H17NO/c1-3-4-5-8-13-11-6-7-12-9-10(11)2/h6-7,9H,3-5,8H2,1-2H3. The van der Waals surface area contributed by atoms with Crippen LogP contribution in [0.2, 0.25) is 0 Å². The van der Waals surface area contributed by atoms with E-state index < -0.39 is 0 Å². The molecular weight excluding hydrogens is 162 g/mol. The van der Waals surface area contributed by atoms with Crippen molar-refractivity contribution in [2.24, 2.45) is 0 Å². The molecule has 0 aromatic carbocycles. The Bertz CT molecular complexity index is 248. The van der Waals surface area contributed by atoms with Crippen LogP contribution in [0.3, 0.4) is 0 Å². The number of ether oxygens (including phenoxy) is 1. The Morgan fingerprint density at radius 3 is 2.92 bits per heavy atom. The highest BCUT2D eigenvalue weighted by atomic mass is 16.5. The molecule has 0 aliphatic carbocycles. The summed E-state index contributed by atoms with van der Waals surface area (Å²) >= 11 is 0. The van der Waals surface area contributed by atoms with E-state index in [1.807, 2.05) is 19.2 Å². The van der Waals surface area contributed by atoms with Crippen LogP contribution in [-0.2, 0) is 0 Å². The molecule has 0 bridgehead atoms. The summed E-state index contributed by atoms with van der Waals surface area (Å²) in [4.78, 5) is 4.01. The Labute approximate surface area is 80.0 Å². The van der Waals surface area contributed by atoms with Crippen LogP contribution in [0, 0.1) is 6.92 Å². The van der Waals surface area contributed by atoms with Gasteiger partial charge < -0.3 is 4.74 Å². The lowest BCUT2D eigenvalue weighted by Crippen LogP contribution is -1.98. The molecule has 1 aromatic heterocycles. The molecule has 0 spiro atoms. The van der Waals surface area contributed by atoms with Crippen LogP contribution < -0.4 is 4.74 Å². The van der Waals surface area contributed by atoms with E-state index in [2.05, 4.69) is 11.9 Å². The molecule has 0 fully saturated rings. The number of aromatic nitrogens is 1.